The van der Waals surface area contributed by atoms with Gasteiger partial charge in [-0.1, -0.05) is 30.3 Å². The quantitative estimate of drug-likeness (QED) is 0.863. The van der Waals surface area contributed by atoms with Crippen LogP contribution in [0.5, 0.6) is 0 Å². The van der Waals surface area contributed by atoms with Gasteiger partial charge in [0.1, 0.15) is 0 Å². The molecular weight excluding hydrogens is 224 g/mol. The Balaban J connectivity index is 2.07. The van der Waals surface area contributed by atoms with Crippen LogP contribution < -0.4 is 11.1 Å². The fourth-order valence-electron chi connectivity index (χ4n) is 1.51. The van der Waals surface area contributed by atoms with Gasteiger partial charge < -0.3 is 11.1 Å². The van der Waals surface area contributed by atoms with Crippen molar-refractivity contribution in [3.63, 3.8) is 0 Å². The summed E-state index contributed by atoms with van der Waals surface area (Å²) in [5.74, 6) is 0.605. The highest BCUT2D eigenvalue weighted by molar-refractivity contribution is 5.61. The lowest BCUT2D eigenvalue weighted by Crippen LogP contribution is -2.39. The minimum Gasteiger partial charge on any atom is -0.352 e. The molecule has 0 spiro atoms. The molecule has 0 bridgehead atoms. The van der Waals surface area contributed by atoms with Crippen LogP contribution >= 0.6 is 0 Å². The number of benzene rings is 1. The summed E-state index contributed by atoms with van der Waals surface area (Å²) < 4.78 is 0. The highest BCUT2D eigenvalue weighted by Crippen LogP contribution is 2.17. The van der Waals surface area contributed by atoms with Crippen molar-refractivity contribution < 1.29 is 0 Å². The van der Waals surface area contributed by atoms with Gasteiger partial charge in [0.2, 0.25) is 5.95 Å². The standard InChI is InChI=1S/C14H18N4/c1-14(2,15)10-18-13-16-8-12(9-17-13)11-6-4-3-5-7-11/h3-9H,10,15H2,1-2H3,(H,16,17,18). The van der Waals surface area contributed by atoms with Crippen LogP contribution in [0.3, 0.4) is 0 Å². The SMILES string of the molecule is CC(C)(N)CNc1ncc(-c2ccccc2)cn1. The van der Waals surface area contributed by atoms with E-state index in [1.165, 1.54) is 0 Å². The zero-order chi connectivity index (χ0) is 13.0. The predicted octanol–water partition coefficient (Wildman–Crippen LogP) is 2.29. The monoisotopic (exact) mass is 242 g/mol. The van der Waals surface area contributed by atoms with Crippen LogP contribution in [0.2, 0.25) is 0 Å². The van der Waals surface area contributed by atoms with E-state index in [2.05, 4.69) is 15.3 Å². The van der Waals surface area contributed by atoms with Crippen molar-refractivity contribution in [1.29, 1.82) is 0 Å². The van der Waals surface area contributed by atoms with Gasteiger partial charge in [0.15, 0.2) is 0 Å². The molecule has 4 nitrogen and oxygen atoms in total. The molecule has 0 aliphatic carbocycles. The average molecular weight is 242 g/mol. The van der Waals surface area contributed by atoms with Gasteiger partial charge in [0, 0.05) is 30.0 Å². The lowest BCUT2D eigenvalue weighted by atomic mass is 10.1. The number of hydrogen-bond donors (Lipinski definition) is 2. The summed E-state index contributed by atoms with van der Waals surface area (Å²) in [4.78, 5) is 8.56. The van der Waals surface area contributed by atoms with Crippen LogP contribution in [0.4, 0.5) is 5.95 Å². The maximum absolute atomic E-state index is 5.89. The summed E-state index contributed by atoms with van der Waals surface area (Å²) in [7, 11) is 0. The Kier molecular flexibility index (Phi) is 3.58. The first kappa shape index (κ1) is 12.5. The number of hydrogen-bond acceptors (Lipinski definition) is 4. The highest BCUT2D eigenvalue weighted by Gasteiger charge is 2.10. The number of aromatic nitrogens is 2. The van der Waals surface area contributed by atoms with Crippen molar-refractivity contribution >= 4 is 5.95 Å². The lowest BCUT2D eigenvalue weighted by molar-refractivity contribution is 0.547. The van der Waals surface area contributed by atoms with Crippen LogP contribution in [0.1, 0.15) is 13.8 Å². The number of nitrogens with one attached hydrogen (secondary N) is 1. The Morgan fingerprint density at radius 2 is 1.67 bits per heavy atom. The van der Waals surface area contributed by atoms with E-state index >= 15 is 0 Å². The van der Waals surface area contributed by atoms with E-state index < -0.39 is 0 Å². The van der Waals surface area contributed by atoms with Gasteiger partial charge in [-0.25, -0.2) is 9.97 Å². The van der Waals surface area contributed by atoms with Gasteiger partial charge in [-0.15, -0.1) is 0 Å². The van der Waals surface area contributed by atoms with Gasteiger partial charge >= 0.3 is 0 Å². The van der Waals surface area contributed by atoms with Crippen molar-refractivity contribution in [2.45, 2.75) is 19.4 Å². The zero-order valence-electron chi connectivity index (χ0n) is 10.7. The average Bonchev–Trinajstić information content (AvgIpc) is 2.37. The van der Waals surface area contributed by atoms with E-state index in [1.54, 1.807) is 0 Å². The molecular formula is C14H18N4. The molecule has 0 saturated carbocycles. The molecule has 0 saturated heterocycles. The second-order valence-electron chi connectivity index (χ2n) is 5.00. The van der Waals surface area contributed by atoms with Crippen molar-refractivity contribution in [3.8, 4) is 11.1 Å². The third-order valence-electron chi connectivity index (χ3n) is 2.46. The van der Waals surface area contributed by atoms with Gasteiger partial charge in [0.25, 0.3) is 0 Å². The first-order valence-corrected chi connectivity index (χ1v) is 5.95. The van der Waals surface area contributed by atoms with Gasteiger partial charge in [0.05, 0.1) is 0 Å². The Labute approximate surface area is 107 Å². The third kappa shape index (κ3) is 3.53. The number of rotatable bonds is 4. The van der Waals surface area contributed by atoms with Crippen molar-refractivity contribution in [1.82, 2.24) is 9.97 Å². The molecule has 0 radical (unpaired) electrons. The van der Waals surface area contributed by atoms with E-state index in [0.717, 1.165) is 11.1 Å². The normalized spacial score (nSPS) is 11.3. The predicted molar refractivity (Wildman–Crippen MR) is 74.2 cm³/mol. The molecule has 1 heterocycles. The molecule has 1 aromatic carbocycles. The largest absolute Gasteiger partial charge is 0.352 e. The van der Waals surface area contributed by atoms with Crippen molar-refractivity contribution in [2.75, 3.05) is 11.9 Å². The Bertz CT molecular complexity index is 485. The molecule has 2 rings (SSSR count). The molecule has 0 atom stereocenters. The van der Waals surface area contributed by atoms with Crippen LogP contribution in [-0.2, 0) is 0 Å². The van der Waals surface area contributed by atoms with Gasteiger partial charge in [-0.05, 0) is 19.4 Å². The molecule has 1 aromatic heterocycles. The van der Waals surface area contributed by atoms with Crippen LogP contribution in [-0.4, -0.2) is 22.1 Å². The molecule has 3 N–H and O–H groups in total. The Hall–Kier alpha value is -1.94. The molecule has 4 heteroatoms. The maximum Gasteiger partial charge on any atom is 0.222 e. The molecule has 18 heavy (non-hydrogen) atoms. The van der Waals surface area contributed by atoms with Crippen LogP contribution in [0.15, 0.2) is 42.7 Å². The van der Waals surface area contributed by atoms with E-state index in [4.69, 9.17) is 5.73 Å². The van der Waals surface area contributed by atoms with E-state index in [9.17, 15) is 0 Å². The highest BCUT2D eigenvalue weighted by atomic mass is 15.1. The summed E-state index contributed by atoms with van der Waals surface area (Å²) in [6.45, 7) is 4.55. The maximum atomic E-state index is 5.89. The lowest BCUT2D eigenvalue weighted by Gasteiger charge is -2.18. The number of anilines is 1. The minimum atomic E-state index is -0.276. The Morgan fingerprint density at radius 3 is 2.22 bits per heavy atom. The molecule has 2 aromatic rings. The molecule has 0 amide bonds. The summed E-state index contributed by atoms with van der Waals surface area (Å²) in [6, 6.07) is 10.1. The van der Waals surface area contributed by atoms with Crippen molar-refractivity contribution in [3.05, 3.63) is 42.7 Å². The van der Waals surface area contributed by atoms with Crippen molar-refractivity contribution in [2.24, 2.45) is 5.73 Å². The summed E-state index contributed by atoms with van der Waals surface area (Å²) in [5, 5.41) is 3.12. The fourth-order valence-corrected chi connectivity index (χ4v) is 1.51. The summed E-state index contributed by atoms with van der Waals surface area (Å²) >= 11 is 0. The first-order valence-electron chi connectivity index (χ1n) is 5.95. The smallest absolute Gasteiger partial charge is 0.222 e. The van der Waals surface area contributed by atoms with Crippen LogP contribution in [0, 0.1) is 0 Å². The minimum absolute atomic E-state index is 0.276. The molecule has 0 unspecified atom stereocenters. The molecule has 0 aliphatic rings. The van der Waals surface area contributed by atoms with E-state index in [-0.39, 0.29) is 5.54 Å². The Morgan fingerprint density at radius 1 is 1.06 bits per heavy atom. The van der Waals surface area contributed by atoms with Crippen LogP contribution in [0.25, 0.3) is 11.1 Å². The summed E-state index contributed by atoms with van der Waals surface area (Å²) in [6.07, 6.45) is 3.63. The summed E-state index contributed by atoms with van der Waals surface area (Å²) in [5.41, 5.74) is 7.73. The zero-order valence-corrected chi connectivity index (χ0v) is 10.7. The molecule has 94 valence electrons. The second-order valence-corrected chi connectivity index (χ2v) is 5.00. The second kappa shape index (κ2) is 5.14. The van der Waals surface area contributed by atoms with E-state index in [1.807, 2.05) is 56.6 Å². The first-order chi connectivity index (χ1) is 8.54. The van der Waals surface area contributed by atoms with E-state index in [0.29, 0.717) is 12.5 Å². The molecule has 0 fully saturated rings. The van der Waals surface area contributed by atoms with Gasteiger partial charge in [-0.2, -0.15) is 0 Å². The topological polar surface area (TPSA) is 63.8 Å². The van der Waals surface area contributed by atoms with Gasteiger partial charge in [-0.3, -0.25) is 0 Å². The molecule has 0 aliphatic heterocycles. The number of nitrogens with zero attached hydrogens (tertiary/aromatic N) is 2. The fraction of sp³-hybridized carbons (Fsp3) is 0.286. The number of nitrogens with two attached hydrogens (primary N) is 1. The third-order valence-corrected chi connectivity index (χ3v) is 2.46.